The average Bonchev–Trinajstić information content (AvgIpc) is 3.28. The molecule has 1 heterocycles. The molecule has 0 aromatic heterocycles. The molecule has 0 aliphatic carbocycles. The van der Waals surface area contributed by atoms with Gasteiger partial charge in [-0.15, -0.1) is 0 Å². The zero-order valence-electron chi connectivity index (χ0n) is 42.7. The lowest BCUT2D eigenvalue weighted by Crippen LogP contribution is -2.61. The van der Waals surface area contributed by atoms with Crippen molar-refractivity contribution in [1.29, 1.82) is 0 Å². The molecule has 23 heteroatoms. The maximum Gasteiger partial charge on any atom is 0.245 e. The molecule has 1 aliphatic heterocycles. The molecule has 1 rings (SSSR count). The van der Waals surface area contributed by atoms with E-state index in [0.717, 1.165) is 25.7 Å². The molecule has 0 aromatic carbocycles. The Hall–Kier alpha value is -4.97. The van der Waals surface area contributed by atoms with Gasteiger partial charge in [0.2, 0.25) is 53.2 Å². The van der Waals surface area contributed by atoms with Gasteiger partial charge in [0, 0.05) is 6.54 Å². The molecule has 0 spiro atoms. The molecule has 23 nitrogen and oxygen atoms in total. The number of carbonyl (C=O) groups is 9. The van der Waals surface area contributed by atoms with Crippen LogP contribution in [0.3, 0.4) is 0 Å². The first kappa shape index (κ1) is 63.0. The SMILES string of the molecule is CCCCCCCC(O)CC(=O)NC(CO)C(=O)NC1CCNC(=O)C(CC(C)C)NC(=O)C(CCN)NC(=O)C(CCN)NC(=O)C(CC(C)C)NC(=O)C(CC(C)C)NC(=O)C(CCN)NC1=O. The Balaban J connectivity index is 3.76. The van der Waals surface area contributed by atoms with Crippen LogP contribution in [0.5, 0.6) is 0 Å². The molecular formula is C47H88N12O11. The van der Waals surface area contributed by atoms with E-state index in [2.05, 4.69) is 54.8 Å². The van der Waals surface area contributed by atoms with Crippen molar-refractivity contribution in [2.75, 3.05) is 32.8 Å². The normalized spacial score (nSPS) is 23.8. The van der Waals surface area contributed by atoms with Gasteiger partial charge in [0.25, 0.3) is 0 Å². The predicted octanol–water partition coefficient (Wildman–Crippen LogP) is -2.33. The third-order valence-corrected chi connectivity index (χ3v) is 11.5. The first-order valence-corrected chi connectivity index (χ1v) is 25.2. The monoisotopic (exact) mass is 997 g/mol. The number of hydrogen-bond donors (Lipinski definition) is 14. The quantitative estimate of drug-likeness (QED) is 0.0452. The first-order valence-electron chi connectivity index (χ1n) is 25.2. The maximum absolute atomic E-state index is 14.2. The fourth-order valence-corrected chi connectivity index (χ4v) is 7.80. The topological polar surface area (TPSA) is 380 Å². The summed E-state index contributed by atoms with van der Waals surface area (Å²) >= 11 is 0. The van der Waals surface area contributed by atoms with Gasteiger partial charge in [-0.25, -0.2) is 0 Å². The minimum atomic E-state index is -1.57. The third-order valence-electron chi connectivity index (χ3n) is 11.5. The van der Waals surface area contributed by atoms with Crippen molar-refractivity contribution >= 4 is 53.2 Å². The number of nitrogens with two attached hydrogens (primary N) is 3. The Morgan fingerprint density at radius 1 is 0.586 bits per heavy atom. The summed E-state index contributed by atoms with van der Waals surface area (Å²) in [5.41, 5.74) is 17.6. The van der Waals surface area contributed by atoms with E-state index in [4.69, 9.17) is 17.2 Å². The van der Waals surface area contributed by atoms with Crippen LogP contribution in [0.1, 0.15) is 138 Å². The summed E-state index contributed by atoms with van der Waals surface area (Å²) in [5.74, 6) is -7.53. The molecular weight excluding hydrogens is 909 g/mol. The van der Waals surface area contributed by atoms with Crippen molar-refractivity contribution in [2.24, 2.45) is 35.0 Å². The Morgan fingerprint density at radius 3 is 1.37 bits per heavy atom. The van der Waals surface area contributed by atoms with Gasteiger partial charge in [0.15, 0.2) is 0 Å². The van der Waals surface area contributed by atoms with Crippen molar-refractivity contribution in [3.63, 3.8) is 0 Å². The van der Waals surface area contributed by atoms with E-state index in [9.17, 15) is 53.4 Å². The van der Waals surface area contributed by atoms with Gasteiger partial charge < -0.3 is 75.3 Å². The van der Waals surface area contributed by atoms with Crippen molar-refractivity contribution < 1.29 is 53.4 Å². The van der Waals surface area contributed by atoms with Gasteiger partial charge in [0.05, 0.1) is 19.1 Å². The van der Waals surface area contributed by atoms with E-state index < -0.39 is 114 Å². The molecule has 9 unspecified atom stereocenters. The molecule has 9 atom stereocenters. The Kier molecular flexibility index (Phi) is 31.0. The van der Waals surface area contributed by atoms with Crippen LogP contribution < -0.4 is 65.1 Å². The number of carbonyl (C=O) groups excluding carboxylic acids is 9. The number of amides is 9. The number of aliphatic hydroxyl groups excluding tert-OH is 2. The Morgan fingerprint density at radius 2 is 0.971 bits per heavy atom. The molecule has 1 saturated heterocycles. The largest absolute Gasteiger partial charge is 0.394 e. The average molecular weight is 997 g/mol. The molecule has 70 heavy (non-hydrogen) atoms. The lowest BCUT2D eigenvalue weighted by molar-refractivity contribution is -0.136. The van der Waals surface area contributed by atoms with E-state index in [-0.39, 0.29) is 95.3 Å². The highest BCUT2D eigenvalue weighted by atomic mass is 16.3. The third kappa shape index (κ3) is 24.7. The molecule has 1 aliphatic rings. The molecule has 0 aromatic rings. The Bertz CT molecular complexity index is 1670. The van der Waals surface area contributed by atoms with Gasteiger partial charge in [-0.2, -0.15) is 0 Å². The molecule has 9 amide bonds. The van der Waals surface area contributed by atoms with Crippen LogP contribution in [-0.2, 0) is 43.2 Å². The number of unbranched alkanes of at least 4 members (excludes halogenated alkanes) is 4. The second-order valence-corrected chi connectivity index (χ2v) is 19.5. The highest BCUT2D eigenvalue weighted by molar-refractivity contribution is 5.98. The van der Waals surface area contributed by atoms with E-state index in [1.54, 1.807) is 0 Å². The van der Waals surface area contributed by atoms with E-state index in [1.807, 2.05) is 41.5 Å². The number of nitrogens with one attached hydrogen (secondary N) is 9. The first-order chi connectivity index (χ1) is 33.1. The lowest BCUT2D eigenvalue weighted by Gasteiger charge is -2.29. The van der Waals surface area contributed by atoms with Crippen molar-refractivity contribution in [3.05, 3.63) is 0 Å². The highest BCUT2D eigenvalue weighted by Gasteiger charge is 2.35. The van der Waals surface area contributed by atoms with Crippen LogP contribution in [0.25, 0.3) is 0 Å². The van der Waals surface area contributed by atoms with Gasteiger partial charge in [-0.3, -0.25) is 43.2 Å². The fraction of sp³-hybridized carbons (Fsp3) is 0.809. The van der Waals surface area contributed by atoms with Gasteiger partial charge in [0.1, 0.15) is 48.3 Å². The van der Waals surface area contributed by atoms with Crippen LogP contribution in [0, 0.1) is 17.8 Å². The molecule has 17 N–H and O–H groups in total. The number of rotatable bonds is 24. The molecule has 0 saturated carbocycles. The van der Waals surface area contributed by atoms with E-state index in [1.165, 1.54) is 0 Å². The molecule has 0 bridgehead atoms. The summed E-state index contributed by atoms with van der Waals surface area (Å²) < 4.78 is 0. The summed E-state index contributed by atoms with van der Waals surface area (Å²) in [7, 11) is 0. The molecule has 0 radical (unpaired) electrons. The fourth-order valence-electron chi connectivity index (χ4n) is 7.80. The zero-order chi connectivity index (χ0) is 52.9. The van der Waals surface area contributed by atoms with Gasteiger partial charge in [-0.05, 0) is 88.8 Å². The smallest absolute Gasteiger partial charge is 0.245 e. The van der Waals surface area contributed by atoms with Gasteiger partial charge >= 0.3 is 0 Å². The second-order valence-electron chi connectivity index (χ2n) is 19.5. The zero-order valence-corrected chi connectivity index (χ0v) is 42.7. The van der Waals surface area contributed by atoms with Crippen LogP contribution in [0.2, 0.25) is 0 Å². The van der Waals surface area contributed by atoms with Crippen LogP contribution >= 0.6 is 0 Å². The summed E-state index contributed by atoms with van der Waals surface area (Å²) in [5, 5.41) is 44.2. The van der Waals surface area contributed by atoms with Crippen LogP contribution in [0.4, 0.5) is 0 Å². The van der Waals surface area contributed by atoms with Crippen LogP contribution in [-0.4, -0.2) is 151 Å². The summed E-state index contributed by atoms with van der Waals surface area (Å²) in [6.45, 7) is 11.6. The van der Waals surface area contributed by atoms with E-state index >= 15 is 0 Å². The van der Waals surface area contributed by atoms with Crippen molar-refractivity contribution in [2.45, 2.75) is 193 Å². The highest BCUT2D eigenvalue weighted by Crippen LogP contribution is 2.13. The molecule has 1 fully saturated rings. The predicted molar refractivity (Wildman–Crippen MR) is 264 cm³/mol. The van der Waals surface area contributed by atoms with E-state index in [0.29, 0.717) is 12.8 Å². The molecule has 402 valence electrons. The van der Waals surface area contributed by atoms with Crippen molar-refractivity contribution in [3.8, 4) is 0 Å². The minimum absolute atomic E-state index is 0.0412. The maximum atomic E-state index is 14.2. The minimum Gasteiger partial charge on any atom is -0.394 e. The Labute approximate surface area is 414 Å². The number of aliphatic hydroxyl groups is 2. The van der Waals surface area contributed by atoms with Crippen LogP contribution in [0.15, 0.2) is 0 Å². The summed E-state index contributed by atoms with van der Waals surface area (Å²) in [6.07, 6.45) is 3.53. The lowest BCUT2D eigenvalue weighted by atomic mass is 9.99. The standard InChI is InChI=1S/C47H88N12O11/c1-8-9-10-11-12-13-30(61)25-39(62)52-38(26-60)47(70)56-34-17-21-51-40(63)35(22-27(2)3)57-42(65)32(15-19-49)53-41(64)31(14-18-48)55-45(68)36(23-28(4)5)59-46(69)37(24-29(6)7)58-43(66)33(16-20-50)54-44(34)67/h27-38,60-61H,8-26,48-50H2,1-7H3,(H,51,63)(H,52,62)(H,53,64)(H,54,67)(H,55,68)(H,56,70)(H,57,65)(H,58,66)(H,59,69). The second kappa shape index (κ2) is 34.4. The van der Waals surface area contributed by atoms with Gasteiger partial charge in [-0.1, -0.05) is 80.6 Å². The summed E-state index contributed by atoms with van der Waals surface area (Å²) in [4.78, 5) is 124. The number of hydrogen-bond acceptors (Lipinski definition) is 14. The summed E-state index contributed by atoms with van der Waals surface area (Å²) in [6, 6.07) is -10.6. The van der Waals surface area contributed by atoms with Crippen molar-refractivity contribution in [1.82, 2.24) is 47.9 Å².